The minimum Gasteiger partial charge on any atom is -0.481 e. The third-order valence-electron chi connectivity index (χ3n) is 3.50. The molecule has 1 N–H and O–H groups in total. The van der Waals surface area contributed by atoms with Crippen molar-refractivity contribution < 1.29 is 9.90 Å². The van der Waals surface area contributed by atoms with Crippen LogP contribution < -0.4 is 0 Å². The zero-order valence-corrected chi connectivity index (χ0v) is 11.1. The Bertz CT molecular complexity index is 399. The summed E-state index contributed by atoms with van der Waals surface area (Å²) >= 11 is 5.82. The lowest BCUT2D eigenvalue weighted by molar-refractivity contribution is -0.139. The molecule has 1 heterocycles. The largest absolute Gasteiger partial charge is 0.481 e. The molecule has 0 bridgehead atoms. The highest BCUT2D eigenvalue weighted by Crippen LogP contribution is 2.23. The molecule has 0 saturated carbocycles. The van der Waals surface area contributed by atoms with Gasteiger partial charge in [-0.1, -0.05) is 23.7 Å². The van der Waals surface area contributed by atoms with Crippen molar-refractivity contribution in [2.24, 2.45) is 0 Å². The van der Waals surface area contributed by atoms with Gasteiger partial charge < -0.3 is 10.0 Å². The SMILES string of the molecule is O=C(O)[C@@H](CCN1CCCC1)c1ccc(Cl)cc1. The van der Waals surface area contributed by atoms with E-state index >= 15 is 0 Å². The van der Waals surface area contributed by atoms with Crippen molar-refractivity contribution in [2.45, 2.75) is 25.2 Å². The number of carboxylic acids is 1. The Morgan fingerprint density at radius 2 is 1.89 bits per heavy atom. The fraction of sp³-hybridized carbons (Fsp3) is 0.500. The molecule has 0 aromatic heterocycles. The lowest BCUT2D eigenvalue weighted by Crippen LogP contribution is -2.24. The first kappa shape index (κ1) is 13.4. The standard InChI is InChI=1S/C14H18ClNO2/c15-12-5-3-11(4-6-12)13(14(17)18)7-10-16-8-1-2-9-16/h3-6,13H,1-2,7-10H2,(H,17,18)/t13-/m0/s1. The highest BCUT2D eigenvalue weighted by Gasteiger charge is 2.21. The zero-order chi connectivity index (χ0) is 13.0. The van der Waals surface area contributed by atoms with Gasteiger partial charge in [-0.05, 0) is 56.6 Å². The van der Waals surface area contributed by atoms with Gasteiger partial charge in [0, 0.05) is 5.02 Å². The lowest BCUT2D eigenvalue weighted by Gasteiger charge is -2.18. The molecule has 1 fully saturated rings. The van der Waals surface area contributed by atoms with E-state index < -0.39 is 11.9 Å². The zero-order valence-electron chi connectivity index (χ0n) is 10.3. The minimum atomic E-state index is -0.753. The molecular formula is C14H18ClNO2. The minimum absolute atomic E-state index is 0.428. The molecule has 0 unspecified atom stereocenters. The number of aliphatic carboxylic acids is 1. The summed E-state index contributed by atoms with van der Waals surface area (Å²) in [5.41, 5.74) is 0.839. The third kappa shape index (κ3) is 3.47. The molecule has 1 aromatic carbocycles. The lowest BCUT2D eigenvalue weighted by atomic mass is 9.96. The number of hydrogen-bond donors (Lipinski definition) is 1. The van der Waals surface area contributed by atoms with Gasteiger partial charge in [0.25, 0.3) is 0 Å². The predicted molar refractivity (Wildman–Crippen MR) is 72.1 cm³/mol. The predicted octanol–water partition coefficient (Wildman–Crippen LogP) is 2.99. The van der Waals surface area contributed by atoms with Gasteiger partial charge in [0.15, 0.2) is 0 Å². The van der Waals surface area contributed by atoms with E-state index in [-0.39, 0.29) is 0 Å². The van der Waals surface area contributed by atoms with Crippen LogP contribution in [0.1, 0.15) is 30.7 Å². The van der Waals surface area contributed by atoms with Crippen LogP contribution in [0.5, 0.6) is 0 Å². The van der Waals surface area contributed by atoms with Crippen molar-refractivity contribution in [3.05, 3.63) is 34.9 Å². The molecule has 1 atom stereocenters. The Morgan fingerprint density at radius 3 is 2.44 bits per heavy atom. The molecule has 1 aromatic rings. The molecule has 4 heteroatoms. The molecule has 3 nitrogen and oxygen atoms in total. The molecular weight excluding hydrogens is 250 g/mol. The van der Waals surface area contributed by atoms with Gasteiger partial charge in [0.2, 0.25) is 0 Å². The maximum atomic E-state index is 11.3. The highest BCUT2D eigenvalue weighted by atomic mass is 35.5. The van der Waals surface area contributed by atoms with Gasteiger partial charge in [-0.3, -0.25) is 4.79 Å². The number of nitrogens with zero attached hydrogens (tertiary/aromatic N) is 1. The summed E-state index contributed by atoms with van der Waals surface area (Å²) in [5.74, 6) is -1.18. The van der Waals surface area contributed by atoms with Gasteiger partial charge >= 0.3 is 5.97 Å². The fourth-order valence-electron chi connectivity index (χ4n) is 2.45. The summed E-state index contributed by atoms with van der Waals surface area (Å²) in [4.78, 5) is 13.7. The van der Waals surface area contributed by atoms with E-state index in [1.165, 1.54) is 12.8 Å². The number of carbonyl (C=O) groups is 1. The van der Waals surface area contributed by atoms with Crippen LogP contribution in [0.2, 0.25) is 5.02 Å². The molecule has 0 aliphatic carbocycles. The molecule has 2 rings (SSSR count). The molecule has 1 aliphatic heterocycles. The van der Waals surface area contributed by atoms with E-state index in [1.54, 1.807) is 12.1 Å². The average molecular weight is 268 g/mol. The number of likely N-dealkylation sites (tertiary alicyclic amines) is 1. The van der Waals surface area contributed by atoms with Gasteiger partial charge in [0.1, 0.15) is 0 Å². The smallest absolute Gasteiger partial charge is 0.311 e. The van der Waals surface area contributed by atoms with Crippen LogP contribution in [0.3, 0.4) is 0 Å². The molecule has 0 radical (unpaired) electrons. The molecule has 0 spiro atoms. The Kier molecular flexibility index (Phi) is 4.61. The Labute approximate surface area is 112 Å². The van der Waals surface area contributed by atoms with E-state index in [4.69, 9.17) is 11.6 Å². The van der Waals surface area contributed by atoms with Gasteiger partial charge in [-0.25, -0.2) is 0 Å². The summed E-state index contributed by atoms with van der Waals surface area (Å²) < 4.78 is 0. The van der Waals surface area contributed by atoms with Crippen LogP contribution in [-0.2, 0) is 4.79 Å². The van der Waals surface area contributed by atoms with E-state index in [1.807, 2.05) is 12.1 Å². The van der Waals surface area contributed by atoms with Crippen LogP contribution >= 0.6 is 11.6 Å². The highest BCUT2D eigenvalue weighted by molar-refractivity contribution is 6.30. The first-order valence-electron chi connectivity index (χ1n) is 6.37. The second-order valence-corrected chi connectivity index (χ2v) is 5.22. The molecule has 18 heavy (non-hydrogen) atoms. The number of carboxylic acid groups (broad SMARTS) is 1. The fourth-order valence-corrected chi connectivity index (χ4v) is 2.57. The summed E-state index contributed by atoms with van der Waals surface area (Å²) in [6, 6.07) is 7.13. The summed E-state index contributed by atoms with van der Waals surface area (Å²) in [5, 5.41) is 9.96. The Hall–Kier alpha value is -1.06. The summed E-state index contributed by atoms with van der Waals surface area (Å²) in [6.07, 6.45) is 3.13. The molecule has 0 amide bonds. The molecule has 1 aliphatic rings. The van der Waals surface area contributed by atoms with E-state index in [0.717, 1.165) is 25.2 Å². The summed E-state index contributed by atoms with van der Waals surface area (Å²) in [7, 11) is 0. The second-order valence-electron chi connectivity index (χ2n) is 4.78. The van der Waals surface area contributed by atoms with E-state index in [0.29, 0.717) is 11.4 Å². The number of benzene rings is 1. The quantitative estimate of drug-likeness (QED) is 0.892. The van der Waals surface area contributed by atoms with E-state index in [9.17, 15) is 9.90 Å². The number of rotatable bonds is 5. The van der Waals surface area contributed by atoms with Gasteiger partial charge in [0.05, 0.1) is 5.92 Å². The van der Waals surface area contributed by atoms with Crippen LogP contribution in [0, 0.1) is 0 Å². The third-order valence-corrected chi connectivity index (χ3v) is 3.76. The summed E-state index contributed by atoms with van der Waals surface area (Å²) in [6.45, 7) is 3.07. The Morgan fingerprint density at radius 1 is 1.28 bits per heavy atom. The maximum absolute atomic E-state index is 11.3. The van der Waals surface area contributed by atoms with Crippen molar-refractivity contribution >= 4 is 17.6 Å². The molecule has 98 valence electrons. The van der Waals surface area contributed by atoms with E-state index in [2.05, 4.69) is 4.90 Å². The number of halogens is 1. The van der Waals surface area contributed by atoms with Crippen molar-refractivity contribution in [2.75, 3.05) is 19.6 Å². The Balaban J connectivity index is 1.99. The van der Waals surface area contributed by atoms with Crippen molar-refractivity contribution in [3.63, 3.8) is 0 Å². The van der Waals surface area contributed by atoms with Crippen molar-refractivity contribution in [1.29, 1.82) is 0 Å². The van der Waals surface area contributed by atoms with Crippen molar-refractivity contribution in [3.8, 4) is 0 Å². The van der Waals surface area contributed by atoms with Gasteiger partial charge in [-0.2, -0.15) is 0 Å². The van der Waals surface area contributed by atoms with Crippen LogP contribution in [-0.4, -0.2) is 35.6 Å². The number of hydrogen-bond acceptors (Lipinski definition) is 2. The normalized spacial score (nSPS) is 17.8. The van der Waals surface area contributed by atoms with Crippen LogP contribution in [0.4, 0.5) is 0 Å². The van der Waals surface area contributed by atoms with Crippen molar-refractivity contribution in [1.82, 2.24) is 4.90 Å². The molecule has 1 saturated heterocycles. The van der Waals surface area contributed by atoms with Gasteiger partial charge in [-0.15, -0.1) is 0 Å². The first-order valence-corrected chi connectivity index (χ1v) is 6.75. The monoisotopic (exact) mass is 267 g/mol. The second kappa shape index (κ2) is 6.21. The van der Waals surface area contributed by atoms with Crippen LogP contribution in [0.15, 0.2) is 24.3 Å². The maximum Gasteiger partial charge on any atom is 0.311 e. The first-order chi connectivity index (χ1) is 8.66. The van der Waals surface area contributed by atoms with Crippen LogP contribution in [0.25, 0.3) is 0 Å². The average Bonchev–Trinajstić information content (AvgIpc) is 2.84. The topological polar surface area (TPSA) is 40.5 Å².